The summed E-state index contributed by atoms with van der Waals surface area (Å²) >= 11 is 0. The quantitative estimate of drug-likeness (QED) is 0.823. The maximum atomic E-state index is 11.6. The summed E-state index contributed by atoms with van der Waals surface area (Å²) in [5.74, 6) is 2.47. The lowest BCUT2D eigenvalue weighted by molar-refractivity contribution is 0.141. The first-order chi connectivity index (χ1) is 9.03. The zero-order valence-corrected chi connectivity index (χ0v) is 11.6. The molecule has 7 heteroatoms. The van der Waals surface area contributed by atoms with Crippen molar-refractivity contribution in [3.05, 3.63) is 11.6 Å². The third-order valence-corrected chi connectivity index (χ3v) is 5.93. The molecule has 0 radical (unpaired) electrons. The van der Waals surface area contributed by atoms with Crippen LogP contribution in [0.25, 0.3) is 0 Å². The van der Waals surface area contributed by atoms with Gasteiger partial charge in [0.2, 0.25) is 0 Å². The highest BCUT2D eigenvalue weighted by molar-refractivity contribution is 7.91. The first kappa shape index (κ1) is 13.1. The first-order valence-electron chi connectivity index (χ1n) is 6.83. The maximum Gasteiger partial charge on any atom is 0.150 e. The largest absolute Gasteiger partial charge is 0.393 e. The van der Waals surface area contributed by atoms with E-state index in [-0.39, 0.29) is 17.8 Å². The van der Waals surface area contributed by atoms with E-state index in [2.05, 4.69) is 10.2 Å². The van der Waals surface area contributed by atoms with Gasteiger partial charge in [-0.25, -0.2) is 8.42 Å². The van der Waals surface area contributed by atoms with Crippen LogP contribution in [0.4, 0.5) is 0 Å². The molecule has 1 aromatic rings. The van der Waals surface area contributed by atoms with Crippen molar-refractivity contribution in [1.82, 2.24) is 14.8 Å². The highest BCUT2D eigenvalue weighted by Gasteiger charge is 2.28. The van der Waals surface area contributed by atoms with Gasteiger partial charge >= 0.3 is 0 Å². The van der Waals surface area contributed by atoms with Crippen LogP contribution in [0, 0.1) is 5.92 Å². The van der Waals surface area contributed by atoms with E-state index in [9.17, 15) is 13.5 Å². The summed E-state index contributed by atoms with van der Waals surface area (Å²) in [5, 5.41) is 17.9. The number of rotatable bonds is 2. The van der Waals surface area contributed by atoms with Crippen LogP contribution in [-0.2, 0) is 29.2 Å². The summed E-state index contributed by atoms with van der Waals surface area (Å²) in [6, 6.07) is 0. The number of fused-ring (bicyclic) bond motifs is 1. The normalized spacial score (nSPS) is 29.9. The van der Waals surface area contributed by atoms with Gasteiger partial charge in [-0.2, -0.15) is 0 Å². The summed E-state index contributed by atoms with van der Waals surface area (Å²) in [4.78, 5) is 0. The molecular formula is C12H19N3O3S. The Bertz CT molecular complexity index is 567. The Morgan fingerprint density at radius 2 is 2.16 bits per heavy atom. The van der Waals surface area contributed by atoms with Gasteiger partial charge in [-0.3, -0.25) is 0 Å². The predicted octanol–water partition coefficient (Wildman–Crippen LogP) is -0.0475. The van der Waals surface area contributed by atoms with Crippen LogP contribution in [0.15, 0.2) is 0 Å². The van der Waals surface area contributed by atoms with Crippen molar-refractivity contribution in [3.63, 3.8) is 0 Å². The molecule has 0 spiro atoms. The third-order valence-electron chi connectivity index (χ3n) is 4.04. The van der Waals surface area contributed by atoms with E-state index in [1.807, 2.05) is 4.57 Å². The smallest absolute Gasteiger partial charge is 0.150 e. The Hall–Kier alpha value is -0.950. The molecule has 1 saturated heterocycles. The van der Waals surface area contributed by atoms with Gasteiger partial charge in [-0.1, -0.05) is 0 Å². The number of aliphatic hydroxyl groups is 1. The monoisotopic (exact) mass is 285 g/mol. The number of hydrogen-bond acceptors (Lipinski definition) is 5. The van der Waals surface area contributed by atoms with Gasteiger partial charge in [0, 0.05) is 19.4 Å². The molecule has 3 rings (SSSR count). The second kappa shape index (κ2) is 4.86. The number of nitrogens with zero attached hydrogens (tertiary/aromatic N) is 3. The SMILES string of the molecule is O=S1(=O)CCCC(Cc2nnc3n2CCC(O)C3)C1. The molecule has 1 fully saturated rings. The van der Waals surface area contributed by atoms with Gasteiger partial charge in [0.1, 0.15) is 11.6 Å². The maximum absolute atomic E-state index is 11.6. The fourth-order valence-corrected chi connectivity index (χ4v) is 4.84. The zero-order valence-electron chi connectivity index (χ0n) is 10.8. The molecule has 106 valence electrons. The molecule has 0 saturated carbocycles. The standard InChI is InChI=1S/C12H19N3O3S/c16-10-3-4-15-11(13-14-12(15)7-10)6-9-2-1-5-19(17,18)8-9/h9-10,16H,1-8H2. The van der Waals surface area contributed by atoms with Gasteiger partial charge in [-0.15, -0.1) is 10.2 Å². The minimum atomic E-state index is -2.86. The van der Waals surface area contributed by atoms with Crippen molar-refractivity contribution >= 4 is 9.84 Å². The number of aromatic nitrogens is 3. The Kier molecular flexibility index (Phi) is 3.34. The van der Waals surface area contributed by atoms with Crippen molar-refractivity contribution in [2.24, 2.45) is 5.92 Å². The van der Waals surface area contributed by atoms with Crippen LogP contribution in [0.1, 0.15) is 30.9 Å². The van der Waals surface area contributed by atoms with Crippen molar-refractivity contribution in [3.8, 4) is 0 Å². The highest BCUT2D eigenvalue weighted by atomic mass is 32.2. The van der Waals surface area contributed by atoms with Crippen molar-refractivity contribution in [2.75, 3.05) is 11.5 Å². The van der Waals surface area contributed by atoms with Crippen LogP contribution in [0.3, 0.4) is 0 Å². The van der Waals surface area contributed by atoms with E-state index in [4.69, 9.17) is 0 Å². The van der Waals surface area contributed by atoms with E-state index < -0.39 is 9.84 Å². The van der Waals surface area contributed by atoms with Crippen LogP contribution < -0.4 is 0 Å². The molecule has 0 aliphatic carbocycles. The molecule has 0 aromatic carbocycles. The fraction of sp³-hybridized carbons (Fsp3) is 0.833. The first-order valence-corrected chi connectivity index (χ1v) is 8.65. The van der Waals surface area contributed by atoms with Crippen LogP contribution >= 0.6 is 0 Å². The lowest BCUT2D eigenvalue weighted by atomic mass is 10.0. The lowest BCUT2D eigenvalue weighted by Gasteiger charge is -2.23. The van der Waals surface area contributed by atoms with Crippen LogP contribution in [0.5, 0.6) is 0 Å². The van der Waals surface area contributed by atoms with Gasteiger partial charge < -0.3 is 9.67 Å². The van der Waals surface area contributed by atoms with Crippen molar-refractivity contribution in [2.45, 2.75) is 44.8 Å². The molecule has 2 aliphatic heterocycles. The summed E-state index contributed by atoms with van der Waals surface area (Å²) in [6.07, 6.45) is 3.34. The topological polar surface area (TPSA) is 85.1 Å². The molecule has 1 aromatic heterocycles. The Balaban J connectivity index is 1.74. The van der Waals surface area contributed by atoms with E-state index in [0.717, 1.165) is 37.5 Å². The molecule has 6 nitrogen and oxygen atoms in total. The average Bonchev–Trinajstić information content (AvgIpc) is 2.70. The summed E-state index contributed by atoms with van der Waals surface area (Å²) in [5.41, 5.74) is 0. The molecular weight excluding hydrogens is 266 g/mol. The second-order valence-electron chi connectivity index (χ2n) is 5.66. The van der Waals surface area contributed by atoms with E-state index in [0.29, 0.717) is 18.6 Å². The van der Waals surface area contributed by atoms with Gasteiger partial charge in [-0.05, 0) is 25.2 Å². The second-order valence-corrected chi connectivity index (χ2v) is 7.89. The molecule has 1 N–H and O–H groups in total. The number of hydrogen-bond donors (Lipinski definition) is 1. The fourth-order valence-electron chi connectivity index (χ4n) is 3.06. The number of aliphatic hydroxyl groups excluding tert-OH is 1. The lowest BCUT2D eigenvalue weighted by Crippen LogP contribution is -2.28. The third kappa shape index (κ3) is 2.81. The minimum absolute atomic E-state index is 0.166. The van der Waals surface area contributed by atoms with E-state index in [1.165, 1.54) is 0 Å². The Morgan fingerprint density at radius 1 is 1.32 bits per heavy atom. The zero-order chi connectivity index (χ0) is 13.5. The van der Waals surface area contributed by atoms with Crippen molar-refractivity contribution < 1.29 is 13.5 Å². The van der Waals surface area contributed by atoms with Crippen molar-refractivity contribution in [1.29, 1.82) is 0 Å². The molecule has 2 atom stereocenters. The van der Waals surface area contributed by atoms with Crippen LogP contribution in [-0.4, -0.2) is 45.9 Å². The summed E-state index contributed by atoms with van der Waals surface area (Å²) < 4.78 is 25.3. The molecule has 3 heterocycles. The Labute approximate surface area is 112 Å². The minimum Gasteiger partial charge on any atom is -0.393 e. The van der Waals surface area contributed by atoms with Gasteiger partial charge in [0.05, 0.1) is 17.6 Å². The molecule has 0 bridgehead atoms. The number of sulfone groups is 1. The molecule has 2 aliphatic rings. The van der Waals surface area contributed by atoms with E-state index >= 15 is 0 Å². The molecule has 2 unspecified atom stereocenters. The summed E-state index contributed by atoms with van der Waals surface area (Å²) in [6.45, 7) is 0.734. The van der Waals surface area contributed by atoms with Crippen LogP contribution in [0.2, 0.25) is 0 Å². The molecule has 19 heavy (non-hydrogen) atoms. The van der Waals surface area contributed by atoms with Gasteiger partial charge in [0.25, 0.3) is 0 Å². The van der Waals surface area contributed by atoms with E-state index in [1.54, 1.807) is 0 Å². The summed E-state index contributed by atoms with van der Waals surface area (Å²) in [7, 11) is -2.86. The Morgan fingerprint density at radius 3 is 2.95 bits per heavy atom. The average molecular weight is 285 g/mol. The molecule has 0 amide bonds. The van der Waals surface area contributed by atoms with Gasteiger partial charge in [0.15, 0.2) is 9.84 Å². The predicted molar refractivity (Wildman–Crippen MR) is 69.4 cm³/mol. The highest BCUT2D eigenvalue weighted by Crippen LogP contribution is 2.23.